The van der Waals surface area contributed by atoms with E-state index in [4.69, 9.17) is 15.6 Å². The molecule has 96 valence electrons. The molecular weight excluding hydrogens is 234 g/mol. The smallest absolute Gasteiger partial charge is 0.319 e. The predicted octanol–water partition coefficient (Wildman–Crippen LogP) is -0.628. The maximum atomic E-state index is 13.7. The van der Waals surface area contributed by atoms with Crippen molar-refractivity contribution < 1.29 is 23.7 Å². The van der Waals surface area contributed by atoms with Crippen molar-refractivity contribution in [1.82, 2.24) is 4.90 Å². The molecule has 7 heteroatoms. The number of rotatable bonds is 2. The van der Waals surface area contributed by atoms with Gasteiger partial charge in [-0.15, -0.1) is 0 Å². The van der Waals surface area contributed by atoms with Crippen LogP contribution < -0.4 is 5.73 Å². The van der Waals surface area contributed by atoms with Crippen molar-refractivity contribution in [1.29, 1.82) is 0 Å². The zero-order valence-corrected chi connectivity index (χ0v) is 8.96. The third-order valence-electron chi connectivity index (χ3n) is 2.86. The van der Waals surface area contributed by atoms with Crippen LogP contribution in [-0.4, -0.2) is 52.6 Å². The monoisotopic (exact) mass is 248 g/mol. The maximum Gasteiger partial charge on any atom is 0.319 e. The van der Waals surface area contributed by atoms with E-state index in [1.54, 1.807) is 6.08 Å². The number of alkyl halides is 2. The van der Waals surface area contributed by atoms with E-state index < -0.39 is 31.0 Å². The van der Waals surface area contributed by atoms with Gasteiger partial charge in [0.25, 0.3) is 0 Å². The van der Waals surface area contributed by atoms with Crippen molar-refractivity contribution in [2.45, 2.75) is 24.4 Å². The first-order valence-electron chi connectivity index (χ1n) is 5.18. The highest BCUT2D eigenvalue weighted by atomic mass is 19.3. The number of nitrogens with zero attached hydrogens (tertiary/aromatic N) is 1. The highest BCUT2D eigenvalue weighted by Gasteiger charge is 2.59. The first-order chi connectivity index (χ1) is 7.96. The topological polar surface area (TPSA) is 79.0 Å². The van der Waals surface area contributed by atoms with Gasteiger partial charge in [0.05, 0.1) is 6.61 Å². The highest BCUT2D eigenvalue weighted by molar-refractivity contribution is 5.20. The predicted molar refractivity (Wildman–Crippen MR) is 54.8 cm³/mol. The summed E-state index contributed by atoms with van der Waals surface area (Å²) in [7, 11) is 0. The number of hydrogen-bond acceptors (Lipinski definition) is 5. The summed E-state index contributed by atoms with van der Waals surface area (Å²) in [4.78, 5) is 1.23. The van der Waals surface area contributed by atoms with Crippen molar-refractivity contribution >= 4 is 0 Å². The van der Waals surface area contributed by atoms with Crippen molar-refractivity contribution in [3.05, 3.63) is 24.0 Å². The van der Waals surface area contributed by atoms with E-state index in [0.29, 0.717) is 5.70 Å². The molecule has 0 unspecified atom stereocenters. The van der Waals surface area contributed by atoms with Gasteiger partial charge in [0.15, 0.2) is 12.3 Å². The molecule has 0 aliphatic carbocycles. The average molecular weight is 248 g/mol. The first kappa shape index (κ1) is 12.3. The second-order valence-corrected chi connectivity index (χ2v) is 4.05. The van der Waals surface area contributed by atoms with Crippen LogP contribution in [0, 0.1) is 0 Å². The second kappa shape index (κ2) is 4.25. The molecule has 0 aromatic carbocycles. The van der Waals surface area contributed by atoms with E-state index >= 15 is 0 Å². The summed E-state index contributed by atoms with van der Waals surface area (Å²) in [6.07, 6.45) is -0.434. The number of aliphatic hydroxyl groups is 2. The minimum atomic E-state index is -3.43. The lowest BCUT2D eigenvalue weighted by Gasteiger charge is -2.31. The number of nitrogens with two attached hydrogens (primary N) is 1. The molecule has 1 saturated heterocycles. The molecule has 0 radical (unpaired) electrons. The van der Waals surface area contributed by atoms with E-state index in [1.807, 2.05) is 0 Å². The van der Waals surface area contributed by atoms with Crippen LogP contribution in [0.25, 0.3) is 0 Å². The summed E-state index contributed by atoms with van der Waals surface area (Å²) < 4.78 is 32.4. The summed E-state index contributed by atoms with van der Waals surface area (Å²) in [5.74, 6) is -3.43. The van der Waals surface area contributed by atoms with Gasteiger partial charge < -0.3 is 25.6 Å². The molecule has 0 aromatic rings. The number of halogens is 2. The molecule has 0 spiro atoms. The quantitative estimate of drug-likeness (QED) is 0.606. The van der Waals surface area contributed by atoms with Crippen LogP contribution >= 0.6 is 0 Å². The molecule has 2 aliphatic rings. The SMILES string of the molecule is NC1=CCN([C@@H]2O[C@H](CO)[C@H](O)C2(F)F)C=C1. The van der Waals surface area contributed by atoms with Crippen LogP contribution in [0.4, 0.5) is 8.78 Å². The largest absolute Gasteiger partial charge is 0.399 e. The summed E-state index contributed by atoms with van der Waals surface area (Å²) in [5.41, 5.74) is 5.96. The molecule has 2 aliphatic heterocycles. The molecule has 0 aromatic heterocycles. The van der Waals surface area contributed by atoms with Crippen LogP contribution in [0.3, 0.4) is 0 Å². The minimum Gasteiger partial charge on any atom is -0.399 e. The normalized spacial score (nSPS) is 36.1. The molecule has 3 atom stereocenters. The Bertz CT molecular complexity index is 359. The van der Waals surface area contributed by atoms with Gasteiger partial charge in [-0.2, -0.15) is 8.78 Å². The third kappa shape index (κ3) is 2.01. The number of aliphatic hydroxyl groups excluding tert-OH is 2. The second-order valence-electron chi connectivity index (χ2n) is 4.05. The van der Waals surface area contributed by atoms with Crippen molar-refractivity contribution in [2.75, 3.05) is 13.2 Å². The van der Waals surface area contributed by atoms with Crippen LogP contribution in [-0.2, 0) is 4.74 Å². The number of ether oxygens (including phenoxy) is 1. The van der Waals surface area contributed by atoms with Crippen molar-refractivity contribution in [2.24, 2.45) is 5.73 Å². The molecule has 0 saturated carbocycles. The molecule has 2 rings (SSSR count). The summed E-state index contributed by atoms with van der Waals surface area (Å²) in [5, 5.41) is 18.2. The maximum absolute atomic E-state index is 13.7. The molecule has 1 fully saturated rings. The van der Waals surface area contributed by atoms with Crippen LogP contribution in [0.2, 0.25) is 0 Å². The number of allylic oxidation sites excluding steroid dienone is 1. The van der Waals surface area contributed by atoms with Crippen molar-refractivity contribution in [3.8, 4) is 0 Å². The van der Waals surface area contributed by atoms with Crippen LogP contribution in [0.5, 0.6) is 0 Å². The van der Waals surface area contributed by atoms with Gasteiger partial charge in [0.2, 0.25) is 0 Å². The molecule has 0 bridgehead atoms. The summed E-state index contributed by atoms with van der Waals surface area (Å²) >= 11 is 0. The molecule has 17 heavy (non-hydrogen) atoms. The minimum absolute atomic E-state index is 0.174. The van der Waals surface area contributed by atoms with Gasteiger partial charge in [0, 0.05) is 18.4 Å². The Morgan fingerprint density at radius 3 is 2.76 bits per heavy atom. The Labute approximate surface area is 96.8 Å². The Kier molecular flexibility index (Phi) is 3.07. The van der Waals surface area contributed by atoms with Gasteiger partial charge >= 0.3 is 5.92 Å². The van der Waals surface area contributed by atoms with E-state index in [-0.39, 0.29) is 6.54 Å². The number of hydrogen-bond donors (Lipinski definition) is 3. The molecule has 2 heterocycles. The van der Waals surface area contributed by atoms with Gasteiger partial charge in [-0.1, -0.05) is 0 Å². The molecular formula is C10H14F2N2O3. The Balaban J connectivity index is 2.14. The van der Waals surface area contributed by atoms with E-state index in [2.05, 4.69) is 0 Å². The standard InChI is InChI=1S/C10H14F2N2O3/c11-10(12)8(16)7(5-15)17-9(10)14-3-1-6(13)2-4-14/h1-3,7-9,15-16H,4-5,13H2/t7-,8+,9-/m1/s1. The lowest BCUT2D eigenvalue weighted by atomic mass is 10.1. The average Bonchev–Trinajstić information content (AvgIpc) is 2.53. The van der Waals surface area contributed by atoms with Crippen molar-refractivity contribution in [3.63, 3.8) is 0 Å². The van der Waals surface area contributed by atoms with Gasteiger partial charge in [0.1, 0.15) is 6.10 Å². The zero-order valence-electron chi connectivity index (χ0n) is 8.96. The fraction of sp³-hybridized carbons (Fsp3) is 0.600. The van der Waals surface area contributed by atoms with Gasteiger partial charge in [-0.05, 0) is 12.2 Å². The summed E-state index contributed by atoms with van der Waals surface area (Å²) in [6.45, 7) is -0.476. The summed E-state index contributed by atoms with van der Waals surface area (Å²) in [6, 6.07) is 0. The first-order valence-corrected chi connectivity index (χ1v) is 5.18. The lowest BCUT2D eigenvalue weighted by Crippen LogP contribution is -2.48. The van der Waals surface area contributed by atoms with E-state index in [9.17, 15) is 13.9 Å². The van der Waals surface area contributed by atoms with E-state index in [1.165, 1.54) is 17.2 Å². The fourth-order valence-electron chi connectivity index (χ4n) is 1.86. The highest BCUT2D eigenvalue weighted by Crippen LogP contribution is 2.38. The van der Waals surface area contributed by atoms with Crippen LogP contribution in [0.15, 0.2) is 24.0 Å². The fourth-order valence-corrected chi connectivity index (χ4v) is 1.86. The Hall–Kier alpha value is -1.18. The van der Waals surface area contributed by atoms with Crippen LogP contribution in [0.1, 0.15) is 0 Å². The van der Waals surface area contributed by atoms with Gasteiger partial charge in [-0.3, -0.25) is 0 Å². The van der Waals surface area contributed by atoms with E-state index in [0.717, 1.165) is 0 Å². The lowest BCUT2D eigenvalue weighted by molar-refractivity contribution is -0.154. The molecule has 4 N–H and O–H groups in total. The molecule has 0 amide bonds. The molecule has 5 nitrogen and oxygen atoms in total. The Morgan fingerprint density at radius 2 is 2.29 bits per heavy atom. The third-order valence-corrected chi connectivity index (χ3v) is 2.86. The van der Waals surface area contributed by atoms with Gasteiger partial charge in [-0.25, -0.2) is 0 Å². The zero-order chi connectivity index (χ0) is 12.6. The Morgan fingerprint density at radius 1 is 1.59 bits per heavy atom.